The molecule has 0 radical (unpaired) electrons. The highest BCUT2D eigenvalue weighted by Gasteiger charge is 2.35. The number of fused-ring (bicyclic) bond motifs is 1. The van der Waals surface area contributed by atoms with Gasteiger partial charge in [0.1, 0.15) is 18.6 Å². The SMILES string of the molecule is COCc1cc(-c2ccc3nc(Cc4cc(C(C)N5CCN(C(=O)CC(F)(F)F)CC5)ccn4)[nH]c3c2)ncn1. The molecule has 1 fully saturated rings. The number of alkyl halides is 3. The maximum Gasteiger partial charge on any atom is 0.397 e. The number of pyridine rings is 1. The number of carbonyl (C=O) groups is 1. The molecular weight excluding hydrogens is 523 g/mol. The van der Waals surface area contributed by atoms with Crippen molar-refractivity contribution in [2.75, 3.05) is 33.3 Å². The fourth-order valence-electron chi connectivity index (χ4n) is 4.97. The number of aromatic nitrogens is 5. The fourth-order valence-corrected chi connectivity index (χ4v) is 4.97. The lowest BCUT2D eigenvalue weighted by molar-refractivity contribution is -0.162. The van der Waals surface area contributed by atoms with Gasteiger partial charge in [-0.3, -0.25) is 14.7 Å². The van der Waals surface area contributed by atoms with Crippen molar-refractivity contribution >= 4 is 16.9 Å². The number of H-pyrrole nitrogens is 1. The lowest BCUT2D eigenvalue weighted by Gasteiger charge is -2.38. The van der Waals surface area contributed by atoms with Crippen LogP contribution in [0.25, 0.3) is 22.3 Å². The van der Waals surface area contributed by atoms with Crippen LogP contribution in [-0.4, -0.2) is 80.1 Å². The van der Waals surface area contributed by atoms with E-state index in [1.165, 1.54) is 11.2 Å². The van der Waals surface area contributed by atoms with Crippen molar-refractivity contribution in [1.29, 1.82) is 0 Å². The molecule has 4 heterocycles. The van der Waals surface area contributed by atoms with Crippen LogP contribution in [0.4, 0.5) is 13.2 Å². The Kier molecular flexibility index (Phi) is 8.08. The number of hydrogen-bond donors (Lipinski definition) is 1. The van der Waals surface area contributed by atoms with E-state index < -0.39 is 18.5 Å². The molecule has 1 unspecified atom stereocenters. The quantitative estimate of drug-likeness (QED) is 0.347. The first-order valence-electron chi connectivity index (χ1n) is 13.0. The zero-order valence-electron chi connectivity index (χ0n) is 22.3. The fraction of sp³-hybridized carbons (Fsp3) is 0.393. The van der Waals surface area contributed by atoms with Gasteiger partial charge in [0.05, 0.1) is 29.0 Å². The number of ether oxygens (including phenoxy) is 1. The number of nitrogens with zero attached hydrogens (tertiary/aromatic N) is 6. The van der Waals surface area contributed by atoms with Gasteiger partial charge in [0, 0.05) is 63.2 Å². The molecule has 1 aromatic carbocycles. The summed E-state index contributed by atoms with van der Waals surface area (Å²) in [5.41, 5.74) is 6.17. The largest absolute Gasteiger partial charge is 0.397 e. The number of nitrogens with one attached hydrogen (secondary N) is 1. The number of halogens is 3. The van der Waals surface area contributed by atoms with E-state index in [2.05, 4.69) is 31.8 Å². The number of rotatable bonds is 8. The van der Waals surface area contributed by atoms with E-state index in [0.717, 1.165) is 45.1 Å². The molecule has 210 valence electrons. The molecule has 1 aliphatic rings. The van der Waals surface area contributed by atoms with E-state index in [1.54, 1.807) is 13.3 Å². The second-order valence-electron chi connectivity index (χ2n) is 9.88. The van der Waals surface area contributed by atoms with Crippen LogP contribution >= 0.6 is 0 Å². The van der Waals surface area contributed by atoms with E-state index in [9.17, 15) is 18.0 Å². The van der Waals surface area contributed by atoms with Crippen LogP contribution in [0.5, 0.6) is 0 Å². The second kappa shape index (κ2) is 11.7. The van der Waals surface area contributed by atoms with Crippen molar-refractivity contribution in [3.63, 3.8) is 0 Å². The number of imidazole rings is 1. The number of aromatic amines is 1. The van der Waals surface area contributed by atoms with Gasteiger partial charge in [-0.25, -0.2) is 15.0 Å². The zero-order chi connectivity index (χ0) is 28.3. The average molecular weight is 554 g/mol. The Hall–Kier alpha value is -3.90. The Morgan fingerprint density at radius 3 is 2.60 bits per heavy atom. The summed E-state index contributed by atoms with van der Waals surface area (Å²) in [5.74, 6) is -0.0826. The van der Waals surface area contributed by atoms with Crippen LogP contribution < -0.4 is 0 Å². The standard InChI is InChI=1S/C28H30F3N7O2/c1-18(37-7-9-38(10-8-37)27(39)15-28(29,30)31)19-5-6-32-21(11-19)14-26-35-23-4-3-20(12-25(23)36-26)24-13-22(16-40-2)33-17-34-24/h3-6,11-13,17-18H,7-10,14-16H2,1-2H3,(H,35,36). The molecular formula is C28H30F3N7O2. The highest BCUT2D eigenvalue weighted by molar-refractivity contribution is 5.81. The number of amides is 1. The smallest absolute Gasteiger partial charge is 0.378 e. The van der Waals surface area contributed by atoms with Gasteiger partial charge in [0.25, 0.3) is 0 Å². The van der Waals surface area contributed by atoms with Gasteiger partial charge in [-0.2, -0.15) is 13.2 Å². The topological polar surface area (TPSA) is 100 Å². The molecule has 0 spiro atoms. The summed E-state index contributed by atoms with van der Waals surface area (Å²) in [7, 11) is 1.63. The Labute approximate surface area is 229 Å². The summed E-state index contributed by atoms with van der Waals surface area (Å²) >= 11 is 0. The maximum atomic E-state index is 12.6. The van der Waals surface area contributed by atoms with Gasteiger partial charge in [0.15, 0.2) is 0 Å². The molecule has 9 nitrogen and oxygen atoms in total. The first-order chi connectivity index (χ1) is 19.2. The molecule has 1 atom stereocenters. The van der Waals surface area contributed by atoms with Crippen molar-refractivity contribution in [3.05, 3.63) is 71.7 Å². The van der Waals surface area contributed by atoms with Crippen molar-refractivity contribution in [3.8, 4) is 11.3 Å². The summed E-state index contributed by atoms with van der Waals surface area (Å²) in [6, 6.07) is 11.8. The van der Waals surface area contributed by atoms with Crippen molar-refractivity contribution in [1.82, 2.24) is 34.7 Å². The Balaban J connectivity index is 1.24. The molecule has 12 heteroatoms. The molecule has 1 aliphatic heterocycles. The predicted octanol–water partition coefficient (Wildman–Crippen LogP) is 4.31. The maximum absolute atomic E-state index is 12.6. The monoisotopic (exact) mass is 553 g/mol. The summed E-state index contributed by atoms with van der Waals surface area (Å²) in [6.07, 6.45) is -2.09. The Bertz CT molecular complexity index is 1480. The number of methoxy groups -OCH3 is 1. The number of piperazine rings is 1. The molecule has 1 N–H and O–H groups in total. The van der Waals surface area contributed by atoms with E-state index in [4.69, 9.17) is 9.72 Å². The molecule has 40 heavy (non-hydrogen) atoms. The lowest BCUT2D eigenvalue weighted by atomic mass is 10.1. The minimum Gasteiger partial charge on any atom is -0.378 e. The lowest BCUT2D eigenvalue weighted by Crippen LogP contribution is -2.50. The van der Waals surface area contributed by atoms with E-state index in [0.29, 0.717) is 26.1 Å². The minimum absolute atomic E-state index is 0.0238. The van der Waals surface area contributed by atoms with Crippen molar-refractivity contribution in [2.45, 2.75) is 38.6 Å². The normalized spacial score (nSPS) is 15.5. The van der Waals surface area contributed by atoms with Crippen molar-refractivity contribution < 1.29 is 22.7 Å². The highest BCUT2D eigenvalue weighted by atomic mass is 19.4. The van der Waals surface area contributed by atoms with Crippen LogP contribution in [0.1, 0.15) is 42.2 Å². The van der Waals surface area contributed by atoms with Crippen molar-refractivity contribution in [2.24, 2.45) is 0 Å². The first kappa shape index (κ1) is 27.7. The molecule has 5 rings (SSSR count). The third kappa shape index (κ3) is 6.62. The second-order valence-corrected chi connectivity index (χ2v) is 9.88. The van der Waals surface area contributed by atoms with E-state index in [-0.39, 0.29) is 19.1 Å². The molecule has 0 saturated carbocycles. The minimum atomic E-state index is -4.48. The van der Waals surface area contributed by atoms with Gasteiger partial charge in [-0.1, -0.05) is 6.07 Å². The third-order valence-corrected chi connectivity index (χ3v) is 7.08. The van der Waals surface area contributed by atoms with Gasteiger partial charge < -0.3 is 14.6 Å². The highest BCUT2D eigenvalue weighted by Crippen LogP contribution is 2.26. The van der Waals surface area contributed by atoms with Crippen LogP contribution in [0.15, 0.2) is 48.9 Å². The first-order valence-corrected chi connectivity index (χ1v) is 13.0. The predicted molar refractivity (Wildman–Crippen MR) is 142 cm³/mol. The van der Waals surface area contributed by atoms with Gasteiger partial charge in [-0.05, 0) is 42.8 Å². The molecule has 0 aliphatic carbocycles. The third-order valence-electron chi connectivity index (χ3n) is 7.08. The molecule has 3 aromatic heterocycles. The molecule has 1 amide bonds. The summed E-state index contributed by atoms with van der Waals surface area (Å²) in [6.45, 7) is 4.04. The number of hydrogen-bond acceptors (Lipinski definition) is 7. The average Bonchev–Trinajstić information content (AvgIpc) is 3.34. The van der Waals surface area contributed by atoms with Crippen LogP contribution in [0, 0.1) is 0 Å². The molecule has 0 bridgehead atoms. The van der Waals surface area contributed by atoms with E-state index in [1.807, 2.05) is 36.4 Å². The summed E-state index contributed by atoms with van der Waals surface area (Å²) in [4.78, 5) is 36.6. The number of benzene rings is 1. The van der Waals surface area contributed by atoms with Crippen LogP contribution in [0.3, 0.4) is 0 Å². The number of carbonyl (C=O) groups excluding carboxylic acids is 1. The zero-order valence-corrected chi connectivity index (χ0v) is 22.3. The summed E-state index contributed by atoms with van der Waals surface area (Å²) in [5, 5.41) is 0. The molecule has 4 aromatic rings. The Morgan fingerprint density at radius 1 is 1.05 bits per heavy atom. The van der Waals surface area contributed by atoms with E-state index >= 15 is 0 Å². The molecule has 1 saturated heterocycles. The van der Waals surface area contributed by atoms with Gasteiger partial charge in [-0.15, -0.1) is 0 Å². The van der Waals surface area contributed by atoms with Crippen LogP contribution in [0.2, 0.25) is 0 Å². The van der Waals surface area contributed by atoms with Crippen LogP contribution in [-0.2, 0) is 22.6 Å². The van der Waals surface area contributed by atoms with Gasteiger partial charge in [0.2, 0.25) is 5.91 Å². The summed E-state index contributed by atoms with van der Waals surface area (Å²) < 4.78 is 42.9. The van der Waals surface area contributed by atoms with Gasteiger partial charge >= 0.3 is 6.18 Å². The Morgan fingerprint density at radius 2 is 1.85 bits per heavy atom.